The number of rotatable bonds is 6. The van der Waals surface area contributed by atoms with Crippen molar-refractivity contribution in [1.29, 1.82) is 1.34 Å². The van der Waals surface area contributed by atoms with E-state index in [1.54, 1.807) is 13.8 Å². The van der Waals surface area contributed by atoms with E-state index in [4.69, 9.17) is 15.0 Å². The van der Waals surface area contributed by atoms with Crippen molar-refractivity contribution in [3.8, 4) is 0 Å². The lowest BCUT2D eigenvalue weighted by Gasteiger charge is -2.19. The Labute approximate surface area is 96.8 Å². The van der Waals surface area contributed by atoms with E-state index in [9.17, 15) is 5.11 Å². The van der Waals surface area contributed by atoms with Crippen LogP contribution in [-0.2, 0) is 13.7 Å². The molecule has 1 saturated heterocycles. The third kappa shape index (κ3) is 3.50. The molecule has 4 nitrogen and oxygen atoms in total. The molecule has 1 rings (SSSR count). The predicted molar refractivity (Wildman–Crippen MR) is 60.7 cm³/mol. The minimum Gasteiger partial charge on any atom is -0.386 e. The van der Waals surface area contributed by atoms with Crippen LogP contribution in [0.5, 0.6) is 0 Å². The Hall–Kier alpha value is -0.00506. The maximum atomic E-state index is 9.69. The van der Waals surface area contributed by atoms with E-state index < -0.39 is 18.0 Å². The Bertz CT molecular complexity index is 242. The van der Waals surface area contributed by atoms with E-state index in [1.807, 2.05) is 0 Å². The second kappa shape index (κ2) is 5.36. The molecule has 0 amide bonds. The van der Waals surface area contributed by atoms with Gasteiger partial charge in [0.15, 0.2) is 5.79 Å². The zero-order valence-electron chi connectivity index (χ0n) is 9.88. The monoisotopic (exact) mass is 233 g/mol. The van der Waals surface area contributed by atoms with Gasteiger partial charge in [0.05, 0.1) is 6.61 Å². The van der Waals surface area contributed by atoms with Crippen LogP contribution in [0.2, 0.25) is 0 Å². The molecular formula is C9H16BO4S. The molecule has 1 fully saturated rings. The highest BCUT2D eigenvalue weighted by Crippen LogP contribution is 2.30. The second-order valence-electron chi connectivity index (χ2n) is 3.75. The molecule has 1 radical (unpaired) electrons. The summed E-state index contributed by atoms with van der Waals surface area (Å²) in [6, 6.07) is 0. The molecule has 0 saturated carbocycles. The molecule has 0 aromatic carbocycles. The van der Waals surface area contributed by atoms with Crippen molar-refractivity contribution in [2.45, 2.75) is 37.9 Å². The fraction of sp³-hybridized carbons (Fsp3) is 0.778. The summed E-state index contributed by atoms with van der Waals surface area (Å²) in [5.41, 5.74) is 0. The number of hydrogen-bond acceptors (Lipinski definition) is 5. The first-order valence-electron chi connectivity index (χ1n) is 5.22. The van der Waals surface area contributed by atoms with Crippen LogP contribution >= 0.6 is 11.9 Å². The van der Waals surface area contributed by atoms with Crippen LogP contribution in [0, 0.1) is 0 Å². The lowest BCUT2D eigenvalue weighted by Crippen LogP contribution is -2.36. The van der Waals surface area contributed by atoms with Crippen molar-refractivity contribution in [2.24, 2.45) is 0 Å². The number of aliphatic hydroxyl groups excluding tert-OH is 1. The van der Waals surface area contributed by atoms with Gasteiger partial charge in [-0.25, -0.2) is 0 Å². The van der Waals surface area contributed by atoms with Gasteiger partial charge in [0.25, 0.3) is 0 Å². The van der Waals surface area contributed by atoms with Crippen LogP contribution in [0.3, 0.4) is 0 Å². The summed E-state index contributed by atoms with van der Waals surface area (Å²) in [6.45, 7) is 7.32. The molecule has 0 aromatic rings. The van der Waals surface area contributed by atoms with E-state index in [0.717, 1.165) is 19.0 Å². The Morgan fingerprint density at radius 2 is 2.53 bits per heavy atom. The summed E-state index contributed by atoms with van der Waals surface area (Å²) in [7, 11) is 1.08. The quantitative estimate of drug-likeness (QED) is 0.314. The lowest BCUT2D eigenvalue weighted by molar-refractivity contribution is -0.153. The molecule has 85 valence electrons. The van der Waals surface area contributed by atoms with Crippen LogP contribution < -0.4 is 0 Å². The maximum absolute atomic E-state index is 9.69. The predicted octanol–water partition coefficient (Wildman–Crippen LogP) is 0.534. The Kier molecular flexibility index (Phi) is 4.10. The molecule has 0 aromatic heterocycles. The van der Waals surface area contributed by atoms with Crippen molar-refractivity contribution in [3.63, 3.8) is 0 Å². The molecule has 1 aliphatic rings. The highest BCUT2D eigenvalue weighted by atomic mass is 32.2. The molecule has 0 bridgehead atoms. The molecular weight excluding hydrogens is 215 g/mol. The van der Waals surface area contributed by atoms with Gasteiger partial charge in [-0.3, -0.25) is 0 Å². The summed E-state index contributed by atoms with van der Waals surface area (Å²) in [5, 5.41) is 9.69. The van der Waals surface area contributed by atoms with Crippen LogP contribution in [0.25, 0.3) is 0 Å². The normalized spacial score (nSPS) is 32.1. The standard InChI is InChI=1S/C9H16BO4S/c1-4-6(11)8-7(5-12-15-10)13-9(2,3)14-8/h4,6-8,10-11H,1,5H2,2-3H3/t6-,7+,8-/m0/s1/i10T. The highest BCUT2D eigenvalue weighted by molar-refractivity contribution is 8.15. The minimum atomic E-state index is -0.791. The Morgan fingerprint density at radius 1 is 1.80 bits per heavy atom. The van der Waals surface area contributed by atoms with E-state index in [1.165, 1.54) is 6.08 Å². The molecule has 1 N–H and O–H groups in total. The average molecular weight is 233 g/mol. The van der Waals surface area contributed by atoms with Crippen molar-refractivity contribution >= 4 is 19.0 Å². The van der Waals surface area contributed by atoms with Gasteiger partial charge in [0.1, 0.15) is 18.3 Å². The second-order valence-corrected chi connectivity index (χ2v) is 4.17. The summed E-state index contributed by atoms with van der Waals surface area (Å²) in [6.07, 6.45) is -0.235. The lowest BCUT2D eigenvalue weighted by atomic mass is 10.1. The minimum absolute atomic E-state index is 0.249. The Morgan fingerprint density at radius 3 is 3.13 bits per heavy atom. The van der Waals surface area contributed by atoms with Gasteiger partial charge in [-0.1, -0.05) is 18.0 Å². The van der Waals surface area contributed by atoms with Crippen molar-refractivity contribution in [1.82, 2.24) is 0 Å². The molecule has 0 aliphatic carbocycles. The number of hydrogen-bond donors (Lipinski definition) is 1. The van der Waals surface area contributed by atoms with E-state index >= 15 is 0 Å². The Balaban J connectivity index is 2.54. The van der Waals surface area contributed by atoms with Gasteiger partial charge >= 0.3 is 0 Å². The average Bonchev–Trinajstić information content (AvgIpc) is 2.53. The summed E-state index contributed by atoms with van der Waals surface area (Å²) < 4.78 is 23.1. The molecule has 0 unspecified atom stereocenters. The fourth-order valence-corrected chi connectivity index (χ4v) is 1.73. The molecule has 0 spiro atoms. The van der Waals surface area contributed by atoms with Crippen molar-refractivity contribution < 1.29 is 18.8 Å². The van der Waals surface area contributed by atoms with Crippen molar-refractivity contribution in [2.75, 3.05) is 6.61 Å². The van der Waals surface area contributed by atoms with E-state index in [0.29, 0.717) is 0 Å². The third-order valence-electron chi connectivity index (χ3n) is 2.10. The van der Waals surface area contributed by atoms with Gasteiger partial charge in [-0.2, -0.15) is 0 Å². The van der Waals surface area contributed by atoms with Gasteiger partial charge in [0, 0.05) is 0 Å². The summed E-state index contributed by atoms with van der Waals surface area (Å²) >= 11 is 0.915. The fourth-order valence-electron chi connectivity index (χ4n) is 1.52. The van der Waals surface area contributed by atoms with Gasteiger partial charge in [-0.05, 0) is 15.2 Å². The highest BCUT2D eigenvalue weighted by Gasteiger charge is 2.44. The largest absolute Gasteiger partial charge is 0.386 e. The van der Waals surface area contributed by atoms with Gasteiger partial charge < -0.3 is 18.8 Å². The summed E-state index contributed by atoms with van der Waals surface area (Å²) in [4.78, 5) is 0. The molecule has 1 aliphatic heterocycles. The van der Waals surface area contributed by atoms with E-state index in [2.05, 4.69) is 6.58 Å². The number of ether oxygens (including phenoxy) is 2. The smallest absolute Gasteiger partial charge is 0.209 e. The first-order chi connectivity index (χ1) is 7.50. The first kappa shape index (κ1) is 11.5. The van der Waals surface area contributed by atoms with Crippen LogP contribution in [-0.4, -0.2) is 44.2 Å². The van der Waals surface area contributed by atoms with Crippen LogP contribution in [0.15, 0.2) is 12.7 Å². The zero-order chi connectivity index (χ0) is 12.2. The summed E-state index contributed by atoms with van der Waals surface area (Å²) in [5.74, 6) is -0.738. The van der Waals surface area contributed by atoms with Gasteiger partial charge in [0.2, 0.25) is 7.09 Å². The molecule has 15 heavy (non-hydrogen) atoms. The van der Waals surface area contributed by atoms with Crippen molar-refractivity contribution in [3.05, 3.63) is 12.7 Å². The third-order valence-corrected chi connectivity index (χ3v) is 2.37. The van der Waals surface area contributed by atoms with E-state index in [-0.39, 0.29) is 12.7 Å². The first-order valence-corrected chi connectivity index (χ1v) is 5.45. The SMILES string of the molecule is [3H][B]SOC[C@H]1OC(C)(C)O[C@H]1[C@@H](O)C=C. The molecule has 1 heterocycles. The maximum Gasteiger partial charge on any atom is 0.209 e. The number of aliphatic hydroxyl groups is 1. The van der Waals surface area contributed by atoms with Crippen LogP contribution in [0.1, 0.15) is 13.8 Å². The van der Waals surface area contributed by atoms with Crippen LogP contribution in [0.4, 0.5) is 0 Å². The topological polar surface area (TPSA) is 47.9 Å². The molecule has 3 atom stereocenters. The zero-order valence-corrected chi connectivity index (χ0v) is 9.70. The van der Waals surface area contributed by atoms with Gasteiger partial charge in [-0.15, -0.1) is 6.58 Å². The molecule has 6 heteroatoms.